The molecule has 2 aromatic heterocycles. The second kappa shape index (κ2) is 11.3. The highest BCUT2D eigenvalue weighted by Crippen LogP contribution is 2.18. The SMILES string of the molecule is Cc1c(/C=C/C(=O)/C=C(/C=C/c2cnn(-c3ccccc3)c2C)OB(F)F)cnn1-c1ccccc1. The van der Waals surface area contributed by atoms with E-state index in [0.717, 1.165) is 34.4 Å². The Balaban J connectivity index is 1.51. The van der Waals surface area contributed by atoms with Gasteiger partial charge in [0.2, 0.25) is 0 Å². The summed E-state index contributed by atoms with van der Waals surface area (Å²) in [5.74, 6) is -0.762. The normalized spacial score (nSPS) is 11.9. The van der Waals surface area contributed by atoms with E-state index in [1.807, 2.05) is 74.5 Å². The summed E-state index contributed by atoms with van der Waals surface area (Å²) < 4.78 is 34.0. The van der Waals surface area contributed by atoms with Crippen LogP contribution in [0.25, 0.3) is 23.5 Å². The summed E-state index contributed by atoms with van der Waals surface area (Å²) in [5, 5.41) is 8.71. The maximum absolute atomic E-state index is 13.0. The number of carbonyl (C=O) groups excluding carboxylic acids is 1. The van der Waals surface area contributed by atoms with Crippen LogP contribution in [0.5, 0.6) is 0 Å². The van der Waals surface area contributed by atoms with Crippen molar-refractivity contribution in [1.82, 2.24) is 19.6 Å². The molecule has 0 atom stereocenters. The second-order valence-electron chi connectivity index (χ2n) is 7.86. The van der Waals surface area contributed by atoms with Gasteiger partial charge in [-0.15, -0.1) is 0 Å². The molecule has 0 saturated heterocycles. The number of nitrogens with zero attached hydrogens (tertiary/aromatic N) is 4. The van der Waals surface area contributed by atoms with Crippen molar-refractivity contribution >= 4 is 25.4 Å². The Hall–Kier alpha value is -4.53. The van der Waals surface area contributed by atoms with Gasteiger partial charge in [-0.1, -0.05) is 36.4 Å². The molecule has 0 spiro atoms. The monoisotopic (exact) mass is 484 g/mol. The third kappa shape index (κ3) is 5.93. The molecule has 2 heterocycles. The molecule has 0 unspecified atom stereocenters. The van der Waals surface area contributed by atoms with E-state index in [2.05, 4.69) is 14.9 Å². The van der Waals surface area contributed by atoms with Gasteiger partial charge in [0.25, 0.3) is 0 Å². The fourth-order valence-electron chi connectivity index (χ4n) is 3.59. The summed E-state index contributed by atoms with van der Waals surface area (Å²) in [4.78, 5) is 12.5. The van der Waals surface area contributed by atoms with Gasteiger partial charge in [0.15, 0.2) is 5.78 Å². The molecule has 0 aliphatic heterocycles. The molecule has 0 radical (unpaired) electrons. The Bertz CT molecular complexity index is 1420. The Morgan fingerprint density at radius 2 is 1.28 bits per heavy atom. The van der Waals surface area contributed by atoms with Crippen LogP contribution in [0, 0.1) is 13.8 Å². The number of carbonyl (C=O) groups is 1. The van der Waals surface area contributed by atoms with E-state index in [-0.39, 0.29) is 5.76 Å². The second-order valence-corrected chi connectivity index (χ2v) is 7.86. The van der Waals surface area contributed by atoms with E-state index in [9.17, 15) is 13.4 Å². The zero-order valence-electron chi connectivity index (χ0n) is 19.8. The van der Waals surface area contributed by atoms with E-state index < -0.39 is 13.3 Å². The first kappa shape index (κ1) is 24.6. The molecule has 36 heavy (non-hydrogen) atoms. The molecule has 9 heteroatoms. The van der Waals surface area contributed by atoms with Crippen molar-refractivity contribution in [1.29, 1.82) is 0 Å². The van der Waals surface area contributed by atoms with E-state index in [1.54, 1.807) is 33.9 Å². The first-order valence-electron chi connectivity index (χ1n) is 11.2. The Morgan fingerprint density at radius 3 is 1.75 bits per heavy atom. The van der Waals surface area contributed by atoms with Crippen LogP contribution in [-0.2, 0) is 9.45 Å². The predicted molar refractivity (Wildman–Crippen MR) is 137 cm³/mol. The lowest BCUT2D eigenvalue weighted by atomic mass is 10.2. The highest BCUT2D eigenvalue weighted by atomic mass is 19.2. The number of rotatable bonds is 9. The molecule has 4 rings (SSSR count). The van der Waals surface area contributed by atoms with E-state index in [4.69, 9.17) is 0 Å². The highest BCUT2D eigenvalue weighted by molar-refractivity contribution is 6.35. The molecule has 4 aromatic rings. The van der Waals surface area contributed by atoms with Crippen LogP contribution in [0.2, 0.25) is 0 Å². The van der Waals surface area contributed by atoms with Gasteiger partial charge in [0.05, 0.1) is 23.8 Å². The van der Waals surface area contributed by atoms with Crippen molar-refractivity contribution in [3.63, 3.8) is 0 Å². The smallest absolute Gasteiger partial charge is 0.505 e. The van der Waals surface area contributed by atoms with Crippen molar-refractivity contribution in [2.75, 3.05) is 0 Å². The first-order valence-corrected chi connectivity index (χ1v) is 11.2. The molecule has 0 fully saturated rings. The zero-order chi connectivity index (χ0) is 25.5. The molecule has 0 amide bonds. The van der Waals surface area contributed by atoms with E-state index >= 15 is 0 Å². The standard InChI is InChI=1S/C27H23BF2N4O2/c1-20-22(18-31-33(20)24-9-5-3-6-10-24)13-15-26(35)17-27(36-28(29)30)16-14-23-19-32-34(21(23)2)25-11-7-4-8-12-25/h3-19H,1-2H3/b15-13+,16-14+,27-17-. The minimum absolute atomic E-state index is 0.261. The summed E-state index contributed by atoms with van der Waals surface area (Å²) in [7, 11) is -3.07. The maximum atomic E-state index is 13.0. The van der Waals surface area contributed by atoms with Crippen LogP contribution < -0.4 is 0 Å². The molecule has 0 aliphatic carbocycles. The van der Waals surface area contributed by atoms with Crippen molar-refractivity contribution in [3.8, 4) is 11.4 Å². The maximum Gasteiger partial charge on any atom is 0.796 e. The van der Waals surface area contributed by atoms with Crippen LogP contribution >= 0.6 is 0 Å². The average molecular weight is 484 g/mol. The van der Waals surface area contributed by atoms with Crippen molar-refractivity contribution < 1.29 is 18.1 Å². The summed E-state index contributed by atoms with van der Waals surface area (Å²) in [6.45, 7) is 3.74. The Kier molecular flexibility index (Phi) is 7.70. The molecule has 0 aliphatic rings. The Labute approximate surface area is 208 Å². The van der Waals surface area contributed by atoms with Crippen LogP contribution in [0.4, 0.5) is 8.63 Å². The molecule has 6 nitrogen and oxygen atoms in total. The number of para-hydroxylation sites is 2. The van der Waals surface area contributed by atoms with Gasteiger partial charge in [-0.2, -0.15) is 10.2 Å². The number of aromatic nitrogens is 4. The first-order chi connectivity index (χ1) is 17.4. The van der Waals surface area contributed by atoms with Gasteiger partial charge in [-0.05, 0) is 62.4 Å². The molecule has 0 N–H and O–H groups in total. The van der Waals surface area contributed by atoms with Gasteiger partial charge < -0.3 is 4.65 Å². The van der Waals surface area contributed by atoms with Crippen LogP contribution in [0.3, 0.4) is 0 Å². The van der Waals surface area contributed by atoms with Crippen molar-refractivity contribution in [2.24, 2.45) is 0 Å². The minimum Gasteiger partial charge on any atom is -0.505 e. The van der Waals surface area contributed by atoms with Gasteiger partial charge in [0.1, 0.15) is 5.76 Å². The largest absolute Gasteiger partial charge is 0.796 e. The van der Waals surface area contributed by atoms with Crippen LogP contribution in [-0.4, -0.2) is 32.8 Å². The molecule has 0 saturated carbocycles. The molecule has 0 bridgehead atoms. The quantitative estimate of drug-likeness (QED) is 0.131. The fraction of sp³-hybridized carbons (Fsp3) is 0.0741. The molecule has 180 valence electrons. The predicted octanol–water partition coefficient (Wildman–Crippen LogP) is 5.79. The number of halogens is 2. The van der Waals surface area contributed by atoms with Gasteiger partial charge in [0, 0.05) is 28.6 Å². The van der Waals surface area contributed by atoms with Crippen LogP contribution in [0.1, 0.15) is 22.5 Å². The molecular weight excluding hydrogens is 461 g/mol. The lowest BCUT2D eigenvalue weighted by Gasteiger charge is -2.04. The minimum atomic E-state index is -3.07. The topological polar surface area (TPSA) is 61.9 Å². The lowest BCUT2D eigenvalue weighted by molar-refractivity contribution is -0.110. The number of hydrogen-bond acceptors (Lipinski definition) is 4. The van der Waals surface area contributed by atoms with E-state index in [0.29, 0.717) is 5.56 Å². The number of hydrogen-bond donors (Lipinski definition) is 0. The van der Waals surface area contributed by atoms with Gasteiger partial charge >= 0.3 is 7.47 Å². The highest BCUT2D eigenvalue weighted by Gasteiger charge is 2.18. The third-order valence-electron chi connectivity index (χ3n) is 5.46. The van der Waals surface area contributed by atoms with Gasteiger partial charge in [-0.25, -0.2) is 18.0 Å². The van der Waals surface area contributed by atoms with Crippen molar-refractivity contribution in [2.45, 2.75) is 13.8 Å². The van der Waals surface area contributed by atoms with E-state index in [1.165, 1.54) is 12.2 Å². The summed E-state index contributed by atoms with van der Waals surface area (Å²) >= 11 is 0. The third-order valence-corrected chi connectivity index (χ3v) is 5.46. The van der Waals surface area contributed by atoms with Crippen LogP contribution in [0.15, 0.2) is 97.0 Å². The summed E-state index contributed by atoms with van der Waals surface area (Å²) in [5.41, 5.74) is 4.85. The summed E-state index contributed by atoms with van der Waals surface area (Å²) in [6, 6.07) is 19.1. The fourth-order valence-corrected chi connectivity index (χ4v) is 3.59. The molecule has 2 aromatic carbocycles. The zero-order valence-corrected chi connectivity index (χ0v) is 19.8. The lowest BCUT2D eigenvalue weighted by Crippen LogP contribution is -2.05. The number of allylic oxidation sites excluding steroid dienone is 3. The van der Waals surface area contributed by atoms with Crippen molar-refractivity contribution in [3.05, 3.63) is 120 Å². The number of ketones is 1. The molecular formula is C27H23BF2N4O2. The van der Waals surface area contributed by atoms with Gasteiger partial charge in [-0.3, -0.25) is 4.79 Å². The summed E-state index contributed by atoms with van der Waals surface area (Å²) in [6.07, 6.45) is 10.1. The average Bonchev–Trinajstić information content (AvgIpc) is 3.43. The number of benzene rings is 2. The Morgan fingerprint density at radius 1 is 0.806 bits per heavy atom.